The van der Waals surface area contributed by atoms with Gasteiger partial charge in [0.15, 0.2) is 0 Å². The highest BCUT2D eigenvalue weighted by atomic mass is 16.5. The topological polar surface area (TPSA) is 123 Å². The van der Waals surface area contributed by atoms with Crippen LogP contribution >= 0.6 is 0 Å². The molecule has 0 atom stereocenters. The van der Waals surface area contributed by atoms with Crippen molar-refractivity contribution in [1.82, 2.24) is 0 Å². The van der Waals surface area contributed by atoms with Gasteiger partial charge in [0, 0.05) is 27.9 Å². The number of hydrogen-bond acceptors (Lipinski definition) is 8. The number of esters is 2. The third kappa shape index (κ3) is 12.1. The lowest BCUT2D eigenvalue weighted by Gasteiger charge is -2.34. The number of carbonyl (C=O) groups is 2. The second-order valence-electron chi connectivity index (χ2n) is 12.6. The van der Waals surface area contributed by atoms with Gasteiger partial charge in [0.05, 0.1) is 26.4 Å². The van der Waals surface area contributed by atoms with E-state index in [0.29, 0.717) is 86.1 Å². The first-order chi connectivity index (χ1) is 23.5. The maximum absolute atomic E-state index is 11.8. The number of anilines is 2. The van der Waals surface area contributed by atoms with E-state index in [-0.39, 0.29) is 0 Å². The predicted octanol–water partition coefficient (Wildman–Crippen LogP) is 7.10. The lowest BCUT2D eigenvalue weighted by Crippen LogP contribution is -2.38. The van der Waals surface area contributed by atoms with Crippen LogP contribution in [0.4, 0.5) is 11.4 Å². The van der Waals surface area contributed by atoms with Crippen LogP contribution < -0.4 is 20.9 Å². The molecule has 0 unspecified atom stereocenters. The van der Waals surface area contributed by atoms with Crippen molar-refractivity contribution in [3.63, 3.8) is 0 Å². The third-order valence-electron chi connectivity index (χ3n) is 7.97. The SMILES string of the molecule is C=C(C)C(=O)Oc1ccc(CCOCC(COCCc2ccc(OC(=O)C(=C)C)cc2)(Cc2ccc(N)cc2)Cc2ccc(N)cc2)cc1. The summed E-state index contributed by atoms with van der Waals surface area (Å²) in [6, 6.07) is 30.7. The van der Waals surface area contributed by atoms with Crippen LogP contribution in [0.2, 0.25) is 0 Å². The van der Waals surface area contributed by atoms with Crippen molar-refractivity contribution in [2.75, 3.05) is 37.9 Å². The van der Waals surface area contributed by atoms with Crippen molar-refractivity contribution in [3.05, 3.63) is 144 Å². The number of nitrogen functional groups attached to an aromatic ring is 2. The Kier molecular flexibility index (Phi) is 13.3. The van der Waals surface area contributed by atoms with E-state index in [1.165, 1.54) is 0 Å². The predicted molar refractivity (Wildman–Crippen MR) is 194 cm³/mol. The first-order valence-electron chi connectivity index (χ1n) is 16.3. The standard InChI is InChI=1S/C41H46N2O6/c1-29(2)39(44)48-37-17-9-31(10-18-37)21-23-46-27-41(25-33-5-13-35(42)14-6-33,26-34-7-15-36(43)16-8-34)28-47-24-22-32-11-19-38(20-12-32)49-40(45)30(3)4/h5-20H,1,3,21-28,42-43H2,2,4H3. The van der Waals surface area contributed by atoms with Crippen molar-refractivity contribution < 1.29 is 28.5 Å². The van der Waals surface area contributed by atoms with E-state index in [0.717, 1.165) is 22.3 Å². The molecule has 4 aromatic carbocycles. The molecule has 0 aliphatic carbocycles. The molecule has 4 aromatic rings. The molecule has 0 aromatic heterocycles. The fourth-order valence-electron chi connectivity index (χ4n) is 5.24. The van der Waals surface area contributed by atoms with E-state index >= 15 is 0 Å². The highest BCUT2D eigenvalue weighted by molar-refractivity contribution is 5.89. The van der Waals surface area contributed by atoms with Crippen molar-refractivity contribution in [3.8, 4) is 11.5 Å². The average molecular weight is 663 g/mol. The molecule has 4 N–H and O–H groups in total. The normalized spacial score (nSPS) is 11.1. The van der Waals surface area contributed by atoms with Gasteiger partial charge >= 0.3 is 11.9 Å². The molecule has 0 saturated heterocycles. The second-order valence-corrected chi connectivity index (χ2v) is 12.6. The van der Waals surface area contributed by atoms with Crippen LogP contribution in [0.1, 0.15) is 36.1 Å². The van der Waals surface area contributed by atoms with Gasteiger partial charge in [-0.25, -0.2) is 9.59 Å². The lowest BCUT2D eigenvalue weighted by atomic mass is 9.77. The molecule has 0 amide bonds. The summed E-state index contributed by atoms with van der Waals surface area (Å²) < 4.78 is 23.5. The van der Waals surface area contributed by atoms with Crippen molar-refractivity contribution in [2.45, 2.75) is 39.5 Å². The van der Waals surface area contributed by atoms with Crippen LogP contribution in [0.5, 0.6) is 11.5 Å². The quantitative estimate of drug-likeness (QED) is 0.0380. The van der Waals surface area contributed by atoms with Crippen molar-refractivity contribution >= 4 is 23.3 Å². The van der Waals surface area contributed by atoms with Gasteiger partial charge in [0.25, 0.3) is 0 Å². The first-order valence-corrected chi connectivity index (χ1v) is 16.3. The van der Waals surface area contributed by atoms with Gasteiger partial charge < -0.3 is 30.4 Å². The zero-order valence-corrected chi connectivity index (χ0v) is 28.4. The monoisotopic (exact) mass is 662 g/mol. The maximum atomic E-state index is 11.8. The third-order valence-corrected chi connectivity index (χ3v) is 7.97. The molecule has 0 aliphatic heterocycles. The van der Waals surface area contributed by atoms with Gasteiger partial charge in [-0.2, -0.15) is 0 Å². The minimum absolute atomic E-state index is 0.348. The molecule has 8 heteroatoms. The first kappa shape index (κ1) is 36.7. The summed E-state index contributed by atoms with van der Waals surface area (Å²) in [6.45, 7) is 12.4. The Bertz CT molecular complexity index is 1570. The van der Waals surface area contributed by atoms with E-state index in [4.69, 9.17) is 30.4 Å². The largest absolute Gasteiger partial charge is 0.423 e. The number of carbonyl (C=O) groups excluding carboxylic acids is 2. The van der Waals surface area contributed by atoms with Crippen LogP contribution in [0.3, 0.4) is 0 Å². The summed E-state index contributed by atoms with van der Waals surface area (Å²) in [5.41, 5.74) is 18.1. The molecule has 0 fully saturated rings. The molecule has 0 bridgehead atoms. The highest BCUT2D eigenvalue weighted by Crippen LogP contribution is 2.31. The Labute approximate surface area is 289 Å². The summed E-state index contributed by atoms with van der Waals surface area (Å²) >= 11 is 0. The summed E-state index contributed by atoms with van der Waals surface area (Å²) in [7, 11) is 0. The zero-order chi connectivity index (χ0) is 35.2. The van der Waals surface area contributed by atoms with Gasteiger partial charge in [-0.05, 0) is 110 Å². The summed E-state index contributed by atoms with van der Waals surface area (Å²) in [5.74, 6) is 0.0543. The molecule has 256 valence electrons. The molecule has 49 heavy (non-hydrogen) atoms. The van der Waals surface area contributed by atoms with Crippen LogP contribution in [0.15, 0.2) is 121 Å². The van der Waals surface area contributed by atoms with E-state index in [2.05, 4.69) is 37.4 Å². The average Bonchev–Trinajstić information content (AvgIpc) is 3.08. The van der Waals surface area contributed by atoms with E-state index in [9.17, 15) is 9.59 Å². The van der Waals surface area contributed by atoms with Crippen LogP contribution in [-0.2, 0) is 44.7 Å². The lowest BCUT2D eigenvalue weighted by molar-refractivity contribution is -0.130. The summed E-state index contributed by atoms with van der Waals surface area (Å²) in [5, 5.41) is 0. The second kappa shape index (κ2) is 17.8. The molecule has 0 heterocycles. The minimum Gasteiger partial charge on any atom is -0.423 e. The molecule has 0 aliphatic rings. The Morgan fingerprint density at radius 3 is 1.20 bits per heavy atom. The number of nitrogens with two attached hydrogens (primary N) is 2. The van der Waals surface area contributed by atoms with Crippen molar-refractivity contribution in [1.29, 1.82) is 0 Å². The van der Waals surface area contributed by atoms with Gasteiger partial charge in [-0.1, -0.05) is 61.7 Å². The Hall–Kier alpha value is -5.18. The molecule has 8 nitrogen and oxygen atoms in total. The summed E-state index contributed by atoms with van der Waals surface area (Å²) in [6.07, 6.45) is 2.80. The maximum Gasteiger partial charge on any atom is 0.338 e. The van der Waals surface area contributed by atoms with Crippen molar-refractivity contribution in [2.24, 2.45) is 5.41 Å². The van der Waals surface area contributed by atoms with Gasteiger partial charge in [-0.3, -0.25) is 0 Å². The number of hydrogen-bond donors (Lipinski definition) is 2. The van der Waals surface area contributed by atoms with E-state index < -0.39 is 17.4 Å². The number of rotatable bonds is 18. The molecular formula is C41H46N2O6. The fraction of sp³-hybridized carbons (Fsp3) is 0.268. The van der Waals surface area contributed by atoms with Gasteiger partial charge in [0.2, 0.25) is 0 Å². The molecule has 0 spiro atoms. The Morgan fingerprint density at radius 2 is 0.878 bits per heavy atom. The zero-order valence-electron chi connectivity index (χ0n) is 28.4. The summed E-state index contributed by atoms with van der Waals surface area (Å²) in [4.78, 5) is 23.7. The molecular weight excluding hydrogens is 616 g/mol. The van der Waals surface area contributed by atoms with Crippen LogP contribution in [0.25, 0.3) is 0 Å². The number of ether oxygens (including phenoxy) is 4. The Morgan fingerprint density at radius 1 is 0.551 bits per heavy atom. The molecule has 0 radical (unpaired) electrons. The van der Waals surface area contributed by atoms with E-state index in [1.807, 2.05) is 48.5 Å². The van der Waals surface area contributed by atoms with Gasteiger partial charge in [0.1, 0.15) is 11.5 Å². The smallest absolute Gasteiger partial charge is 0.338 e. The van der Waals surface area contributed by atoms with Gasteiger partial charge in [-0.15, -0.1) is 0 Å². The Balaban J connectivity index is 1.45. The molecule has 4 rings (SSSR count). The van der Waals surface area contributed by atoms with Crippen LogP contribution in [0, 0.1) is 5.41 Å². The molecule has 0 saturated carbocycles. The minimum atomic E-state index is -0.448. The number of benzene rings is 4. The highest BCUT2D eigenvalue weighted by Gasteiger charge is 2.32. The van der Waals surface area contributed by atoms with E-state index in [1.54, 1.807) is 38.1 Å². The van der Waals surface area contributed by atoms with Crippen LogP contribution in [-0.4, -0.2) is 38.4 Å². The fourth-order valence-corrected chi connectivity index (χ4v) is 5.24.